The SMILES string of the molecule is Cc1cc(-c2ccc3nc4n(c3c2)C(c2ccccc2)COC4)cnc1OC(C)C. The maximum Gasteiger partial charge on any atom is 0.216 e. The summed E-state index contributed by atoms with van der Waals surface area (Å²) in [7, 11) is 0. The van der Waals surface area contributed by atoms with Crippen LogP contribution < -0.4 is 4.74 Å². The van der Waals surface area contributed by atoms with Gasteiger partial charge in [-0.25, -0.2) is 9.97 Å². The number of aryl methyl sites for hydroxylation is 1. The minimum absolute atomic E-state index is 0.105. The van der Waals surface area contributed by atoms with E-state index in [1.807, 2.05) is 33.0 Å². The summed E-state index contributed by atoms with van der Waals surface area (Å²) in [5.74, 6) is 1.66. The number of rotatable bonds is 4. The lowest BCUT2D eigenvalue weighted by Crippen LogP contribution is -2.24. The molecule has 0 aliphatic carbocycles. The molecule has 1 aliphatic rings. The van der Waals surface area contributed by atoms with E-state index < -0.39 is 0 Å². The topological polar surface area (TPSA) is 49.2 Å². The van der Waals surface area contributed by atoms with Gasteiger partial charge in [0.1, 0.15) is 12.4 Å². The van der Waals surface area contributed by atoms with Gasteiger partial charge in [0, 0.05) is 17.3 Å². The molecule has 0 N–H and O–H groups in total. The summed E-state index contributed by atoms with van der Waals surface area (Å²) in [4.78, 5) is 9.38. The summed E-state index contributed by atoms with van der Waals surface area (Å²) in [6.45, 7) is 7.25. The lowest BCUT2D eigenvalue weighted by atomic mass is 10.0. The van der Waals surface area contributed by atoms with Crippen molar-refractivity contribution < 1.29 is 9.47 Å². The van der Waals surface area contributed by atoms with Gasteiger partial charge in [-0.15, -0.1) is 0 Å². The predicted molar refractivity (Wildman–Crippen MR) is 118 cm³/mol. The van der Waals surface area contributed by atoms with Crippen molar-refractivity contribution in [3.63, 3.8) is 0 Å². The molecule has 0 bridgehead atoms. The number of hydrogen-bond acceptors (Lipinski definition) is 4. The molecule has 0 saturated carbocycles. The Morgan fingerprint density at radius 2 is 1.90 bits per heavy atom. The Hall–Kier alpha value is -3.18. The van der Waals surface area contributed by atoms with E-state index in [0.717, 1.165) is 33.5 Å². The van der Waals surface area contributed by atoms with Crippen molar-refractivity contribution in [2.45, 2.75) is 39.5 Å². The van der Waals surface area contributed by atoms with Gasteiger partial charge in [-0.2, -0.15) is 0 Å². The third-order valence-electron chi connectivity index (χ3n) is 5.48. The van der Waals surface area contributed by atoms with Crippen molar-refractivity contribution in [2.75, 3.05) is 6.61 Å². The average Bonchev–Trinajstić information content (AvgIpc) is 3.13. The third kappa shape index (κ3) is 3.35. The second-order valence-electron chi connectivity index (χ2n) is 8.06. The van der Waals surface area contributed by atoms with E-state index in [1.165, 1.54) is 5.56 Å². The first-order chi connectivity index (χ1) is 14.6. The molecule has 1 aliphatic heterocycles. The molecule has 0 spiro atoms. The molecule has 5 heteroatoms. The Morgan fingerprint density at radius 1 is 1.07 bits per heavy atom. The summed E-state index contributed by atoms with van der Waals surface area (Å²) in [5, 5.41) is 0. The normalized spacial score (nSPS) is 16.1. The largest absolute Gasteiger partial charge is 0.475 e. The minimum atomic E-state index is 0.105. The van der Waals surface area contributed by atoms with E-state index >= 15 is 0 Å². The van der Waals surface area contributed by atoms with Gasteiger partial charge >= 0.3 is 0 Å². The molecule has 0 amide bonds. The van der Waals surface area contributed by atoms with Crippen molar-refractivity contribution in [1.29, 1.82) is 0 Å². The van der Waals surface area contributed by atoms with Gasteiger partial charge in [0.25, 0.3) is 0 Å². The summed E-state index contributed by atoms with van der Waals surface area (Å²) in [5.41, 5.74) is 6.58. The number of benzene rings is 2. The molecule has 2 aromatic heterocycles. The second-order valence-corrected chi connectivity index (χ2v) is 8.06. The molecule has 152 valence electrons. The van der Waals surface area contributed by atoms with Gasteiger partial charge in [-0.3, -0.25) is 0 Å². The van der Waals surface area contributed by atoms with E-state index in [4.69, 9.17) is 14.5 Å². The standard InChI is InChI=1S/C25H25N3O2/c1-16(2)30-25-17(3)11-20(13-26-25)19-9-10-21-22(12-19)28-23(14-29-15-24(28)27-21)18-7-5-4-6-8-18/h4-13,16,23H,14-15H2,1-3H3. The fourth-order valence-corrected chi connectivity index (χ4v) is 4.10. The fourth-order valence-electron chi connectivity index (χ4n) is 4.10. The Kier molecular flexibility index (Phi) is 4.75. The first kappa shape index (κ1) is 18.8. The second kappa shape index (κ2) is 7.58. The Bertz CT molecular complexity index is 1200. The molecule has 1 unspecified atom stereocenters. The monoisotopic (exact) mass is 399 g/mol. The van der Waals surface area contributed by atoms with Crippen LogP contribution in [0.2, 0.25) is 0 Å². The lowest BCUT2D eigenvalue weighted by molar-refractivity contribution is 0.0679. The maximum absolute atomic E-state index is 5.86. The van der Waals surface area contributed by atoms with E-state index in [-0.39, 0.29) is 12.1 Å². The van der Waals surface area contributed by atoms with Gasteiger partial charge in [0.2, 0.25) is 5.88 Å². The molecule has 2 aromatic carbocycles. The van der Waals surface area contributed by atoms with Crippen LogP contribution in [0.5, 0.6) is 5.88 Å². The zero-order valence-corrected chi connectivity index (χ0v) is 17.5. The maximum atomic E-state index is 5.86. The summed E-state index contributed by atoms with van der Waals surface area (Å²) in [6.07, 6.45) is 1.99. The van der Waals surface area contributed by atoms with Crippen molar-refractivity contribution in [2.24, 2.45) is 0 Å². The molecule has 0 fully saturated rings. The molecule has 5 rings (SSSR count). The van der Waals surface area contributed by atoms with Gasteiger partial charge in [0.15, 0.2) is 0 Å². The lowest BCUT2D eigenvalue weighted by Gasteiger charge is -2.26. The smallest absolute Gasteiger partial charge is 0.216 e. The number of ether oxygens (including phenoxy) is 2. The van der Waals surface area contributed by atoms with Crippen molar-refractivity contribution in [1.82, 2.24) is 14.5 Å². The molecule has 0 saturated heterocycles. The van der Waals surface area contributed by atoms with Crippen LogP contribution in [0.25, 0.3) is 22.2 Å². The first-order valence-electron chi connectivity index (χ1n) is 10.4. The molecule has 4 aromatic rings. The van der Waals surface area contributed by atoms with Crippen molar-refractivity contribution in [3.8, 4) is 17.0 Å². The van der Waals surface area contributed by atoms with Crippen LogP contribution in [0.3, 0.4) is 0 Å². The van der Waals surface area contributed by atoms with E-state index in [0.29, 0.717) is 19.1 Å². The number of nitrogens with zero attached hydrogens (tertiary/aromatic N) is 3. The highest BCUT2D eigenvalue weighted by Gasteiger charge is 2.25. The van der Waals surface area contributed by atoms with Crippen LogP contribution >= 0.6 is 0 Å². The summed E-state index contributed by atoms with van der Waals surface area (Å²) in [6, 6.07) is 19.2. The zero-order valence-electron chi connectivity index (χ0n) is 17.5. The van der Waals surface area contributed by atoms with Gasteiger partial charge < -0.3 is 14.0 Å². The van der Waals surface area contributed by atoms with E-state index in [9.17, 15) is 0 Å². The molecule has 5 nitrogen and oxygen atoms in total. The summed E-state index contributed by atoms with van der Waals surface area (Å²) >= 11 is 0. The number of aromatic nitrogens is 3. The number of fused-ring (bicyclic) bond motifs is 3. The molecular formula is C25H25N3O2. The quantitative estimate of drug-likeness (QED) is 0.466. The highest BCUT2D eigenvalue weighted by atomic mass is 16.5. The minimum Gasteiger partial charge on any atom is -0.475 e. The highest BCUT2D eigenvalue weighted by Crippen LogP contribution is 2.33. The molecule has 3 heterocycles. The Balaban J connectivity index is 1.59. The van der Waals surface area contributed by atoms with Crippen LogP contribution in [0, 0.1) is 6.92 Å². The van der Waals surface area contributed by atoms with Crippen LogP contribution in [0.15, 0.2) is 60.8 Å². The van der Waals surface area contributed by atoms with E-state index in [1.54, 1.807) is 0 Å². The van der Waals surface area contributed by atoms with Gasteiger partial charge in [-0.05, 0) is 50.1 Å². The number of hydrogen-bond donors (Lipinski definition) is 0. The number of imidazole rings is 1. The first-order valence-corrected chi connectivity index (χ1v) is 10.4. The molecular weight excluding hydrogens is 374 g/mol. The van der Waals surface area contributed by atoms with Crippen LogP contribution in [-0.2, 0) is 11.3 Å². The van der Waals surface area contributed by atoms with Crippen LogP contribution in [0.4, 0.5) is 0 Å². The van der Waals surface area contributed by atoms with Crippen molar-refractivity contribution >= 4 is 11.0 Å². The third-order valence-corrected chi connectivity index (χ3v) is 5.48. The fraction of sp³-hybridized carbons (Fsp3) is 0.280. The van der Waals surface area contributed by atoms with Crippen LogP contribution in [-0.4, -0.2) is 27.2 Å². The molecule has 1 atom stereocenters. The van der Waals surface area contributed by atoms with Crippen molar-refractivity contribution in [3.05, 3.63) is 77.7 Å². The number of pyridine rings is 1. The average molecular weight is 399 g/mol. The van der Waals surface area contributed by atoms with Gasteiger partial charge in [-0.1, -0.05) is 36.4 Å². The zero-order chi connectivity index (χ0) is 20.7. The van der Waals surface area contributed by atoms with Crippen LogP contribution in [0.1, 0.15) is 36.8 Å². The predicted octanol–water partition coefficient (Wildman–Crippen LogP) is 5.31. The summed E-state index contributed by atoms with van der Waals surface area (Å²) < 4.78 is 14.0. The van der Waals surface area contributed by atoms with Gasteiger partial charge in [0.05, 0.1) is 29.8 Å². The molecule has 30 heavy (non-hydrogen) atoms. The highest BCUT2D eigenvalue weighted by molar-refractivity contribution is 5.83. The molecule has 0 radical (unpaired) electrons. The Morgan fingerprint density at radius 3 is 2.67 bits per heavy atom. The Labute approximate surface area is 176 Å². The van der Waals surface area contributed by atoms with E-state index in [2.05, 4.69) is 58.1 Å².